The van der Waals surface area contributed by atoms with Gasteiger partial charge in [-0.2, -0.15) is 0 Å². The highest BCUT2D eigenvalue weighted by molar-refractivity contribution is 7.26. The van der Waals surface area contributed by atoms with E-state index < -0.39 is 5.41 Å². The summed E-state index contributed by atoms with van der Waals surface area (Å²) in [6.45, 7) is 0. The molecule has 1 aliphatic rings. The number of aromatic nitrogens is 3. The number of rotatable bonds is 7. The second-order valence-corrected chi connectivity index (χ2v) is 18.8. The Bertz CT molecular complexity index is 4080. The van der Waals surface area contributed by atoms with Crippen LogP contribution in [0.1, 0.15) is 22.3 Å². The summed E-state index contributed by atoms with van der Waals surface area (Å²) in [5, 5.41) is 4.42. The van der Waals surface area contributed by atoms with E-state index in [1.165, 1.54) is 60.0 Å². The van der Waals surface area contributed by atoms with Crippen LogP contribution in [-0.4, -0.2) is 15.0 Å². The SMILES string of the molecule is c1ccc(-c2nc(-c3cccc4c3sc3ccccc34)nc(-c3cccc4oc5ccc(-c6ccc(-c7cccc8c7-c7ccccc7C8(c7ccccc7)c7ccccc7)cc6)cc5c34)n2)cc1. The Morgan fingerprint density at radius 1 is 0.348 bits per heavy atom. The van der Waals surface area contributed by atoms with Crippen LogP contribution in [0.2, 0.25) is 0 Å². The molecule has 0 spiro atoms. The van der Waals surface area contributed by atoms with Crippen molar-refractivity contribution < 1.29 is 4.42 Å². The number of hydrogen-bond acceptors (Lipinski definition) is 5. The first-order valence-electron chi connectivity index (χ1n) is 23.3. The molecule has 14 rings (SSSR count). The molecule has 0 unspecified atom stereocenters. The average Bonchev–Trinajstić information content (AvgIpc) is 4.10. The van der Waals surface area contributed by atoms with Gasteiger partial charge in [0.1, 0.15) is 11.2 Å². The molecule has 322 valence electrons. The largest absolute Gasteiger partial charge is 0.456 e. The van der Waals surface area contributed by atoms with Gasteiger partial charge in [0, 0.05) is 47.6 Å². The van der Waals surface area contributed by atoms with Crippen molar-refractivity contribution in [2.45, 2.75) is 5.41 Å². The van der Waals surface area contributed by atoms with Crippen molar-refractivity contribution in [2.75, 3.05) is 0 Å². The van der Waals surface area contributed by atoms with E-state index in [9.17, 15) is 0 Å². The number of thiophene rings is 1. The molecule has 0 amide bonds. The summed E-state index contributed by atoms with van der Waals surface area (Å²) in [6.07, 6.45) is 0. The molecule has 5 heteroatoms. The second-order valence-electron chi connectivity index (χ2n) is 17.8. The Labute approximate surface area is 402 Å². The molecule has 69 heavy (non-hydrogen) atoms. The zero-order valence-corrected chi connectivity index (χ0v) is 38.0. The molecule has 1 aliphatic carbocycles. The molecule has 3 heterocycles. The van der Waals surface area contributed by atoms with Crippen LogP contribution in [0.3, 0.4) is 0 Å². The van der Waals surface area contributed by atoms with Crippen LogP contribution in [0.4, 0.5) is 0 Å². The topological polar surface area (TPSA) is 51.8 Å². The van der Waals surface area contributed by atoms with Gasteiger partial charge in [0.2, 0.25) is 0 Å². The molecular formula is C64H39N3OS. The van der Waals surface area contributed by atoms with Crippen LogP contribution in [0.15, 0.2) is 241 Å². The van der Waals surface area contributed by atoms with Gasteiger partial charge in [-0.15, -0.1) is 11.3 Å². The van der Waals surface area contributed by atoms with Crippen molar-refractivity contribution in [3.05, 3.63) is 259 Å². The van der Waals surface area contributed by atoms with Crippen LogP contribution in [0, 0.1) is 0 Å². The highest BCUT2D eigenvalue weighted by Gasteiger charge is 2.46. The molecule has 0 N–H and O–H groups in total. The molecule has 3 aromatic heterocycles. The Kier molecular flexibility index (Phi) is 8.95. The summed E-state index contributed by atoms with van der Waals surface area (Å²) in [7, 11) is 0. The Morgan fingerprint density at radius 3 is 1.71 bits per heavy atom. The lowest BCUT2D eigenvalue weighted by atomic mass is 9.67. The molecule has 10 aromatic carbocycles. The minimum absolute atomic E-state index is 0.453. The molecule has 0 fully saturated rings. The molecule has 4 nitrogen and oxygen atoms in total. The van der Waals surface area contributed by atoms with E-state index in [0.717, 1.165) is 54.5 Å². The zero-order valence-electron chi connectivity index (χ0n) is 37.2. The van der Waals surface area contributed by atoms with Crippen LogP contribution < -0.4 is 0 Å². The molecule has 0 radical (unpaired) electrons. The Hall–Kier alpha value is -8.77. The number of furan rings is 1. The van der Waals surface area contributed by atoms with Gasteiger partial charge in [0.15, 0.2) is 17.5 Å². The van der Waals surface area contributed by atoms with Crippen molar-refractivity contribution in [1.82, 2.24) is 15.0 Å². The lowest BCUT2D eigenvalue weighted by Gasteiger charge is -2.34. The maximum atomic E-state index is 6.59. The van der Waals surface area contributed by atoms with E-state index in [1.54, 1.807) is 11.3 Å². The van der Waals surface area contributed by atoms with Gasteiger partial charge in [0.05, 0.1) is 5.41 Å². The number of nitrogens with zero attached hydrogens (tertiary/aromatic N) is 3. The van der Waals surface area contributed by atoms with Gasteiger partial charge in [-0.1, -0.05) is 206 Å². The summed E-state index contributed by atoms with van der Waals surface area (Å²) < 4.78 is 8.98. The highest BCUT2D eigenvalue weighted by Crippen LogP contribution is 2.58. The predicted molar refractivity (Wildman–Crippen MR) is 284 cm³/mol. The first-order chi connectivity index (χ1) is 34.2. The van der Waals surface area contributed by atoms with E-state index in [-0.39, 0.29) is 0 Å². The molecule has 0 saturated carbocycles. The lowest BCUT2D eigenvalue weighted by molar-refractivity contribution is 0.669. The predicted octanol–water partition coefficient (Wildman–Crippen LogP) is 16.8. The minimum atomic E-state index is -0.453. The van der Waals surface area contributed by atoms with E-state index >= 15 is 0 Å². The fraction of sp³-hybridized carbons (Fsp3) is 0.0156. The highest BCUT2D eigenvalue weighted by atomic mass is 32.1. The third-order valence-corrected chi connectivity index (χ3v) is 15.3. The summed E-state index contributed by atoms with van der Waals surface area (Å²) in [5.74, 6) is 1.86. The summed E-state index contributed by atoms with van der Waals surface area (Å²) in [6, 6.07) is 84.7. The third-order valence-electron chi connectivity index (χ3n) is 14.1. The van der Waals surface area contributed by atoms with Crippen molar-refractivity contribution in [3.8, 4) is 67.5 Å². The molecular weight excluding hydrogens is 859 g/mol. The van der Waals surface area contributed by atoms with Gasteiger partial charge >= 0.3 is 0 Å². The molecule has 0 bridgehead atoms. The summed E-state index contributed by atoms with van der Waals surface area (Å²) in [4.78, 5) is 15.7. The minimum Gasteiger partial charge on any atom is -0.456 e. The van der Waals surface area contributed by atoms with Gasteiger partial charge in [-0.25, -0.2) is 15.0 Å². The Morgan fingerprint density at radius 2 is 0.913 bits per heavy atom. The van der Waals surface area contributed by atoms with Gasteiger partial charge in [0.25, 0.3) is 0 Å². The standard InChI is InChI=1S/C64H39N3OS/c1-4-17-42(18-5-1)61-65-62(67-63(66-61)51-28-14-26-48-47-23-11-13-32-57(47)69-60(48)51)50-27-16-31-56-59(50)52-39-43(37-38-55(52)68-56)40-33-35-41(36-34-40)46-25-15-30-54-58(46)49-24-10-12-29-53(49)64(54,44-19-6-2-7-20-44)45-21-8-3-9-22-45/h1-39H. The van der Waals surface area contributed by atoms with Crippen molar-refractivity contribution in [3.63, 3.8) is 0 Å². The van der Waals surface area contributed by atoms with Crippen molar-refractivity contribution in [2.24, 2.45) is 0 Å². The lowest BCUT2D eigenvalue weighted by Crippen LogP contribution is -2.28. The van der Waals surface area contributed by atoms with Gasteiger partial charge in [-0.05, 0) is 86.0 Å². The maximum absolute atomic E-state index is 6.59. The van der Waals surface area contributed by atoms with Gasteiger partial charge < -0.3 is 4.42 Å². The maximum Gasteiger partial charge on any atom is 0.165 e. The first kappa shape index (κ1) is 39.4. The van der Waals surface area contributed by atoms with Crippen LogP contribution in [0.5, 0.6) is 0 Å². The van der Waals surface area contributed by atoms with E-state index in [0.29, 0.717) is 17.5 Å². The van der Waals surface area contributed by atoms with Crippen LogP contribution >= 0.6 is 11.3 Å². The number of fused-ring (bicyclic) bond motifs is 9. The molecule has 13 aromatic rings. The number of hydrogen-bond donors (Lipinski definition) is 0. The molecule has 0 saturated heterocycles. The third kappa shape index (κ3) is 6.11. The zero-order chi connectivity index (χ0) is 45.5. The second kappa shape index (κ2) is 15.7. The average molecular weight is 898 g/mol. The summed E-state index contributed by atoms with van der Waals surface area (Å²) in [5.41, 5.74) is 16.2. The van der Waals surface area contributed by atoms with Crippen LogP contribution in [-0.2, 0) is 5.41 Å². The monoisotopic (exact) mass is 897 g/mol. The number of benzene rings is 10. The molecule has 0 aliphatic heterocycles. The molecule has 0 atom stereocenters. The van der Waals surface area contributed by atoms with Gasteiger partial charge in [-0.3, -0.25) is 0 Å². The normalized spacial score (nSPS) is 12.8. The van der Waals surface area contributed by atoms with Crippen molar-refractivity contribution in [1.29, 1.82) is 0 Å². The van der Waals surface area contributed by atoms with E-state index in [1.807, 2.05) is 30.3 Å². The first-order valence-corrected chi connectivity index (χ1v) is 24.2. The smallest absolute Gasteiger partial charge is 0.165 e. The van der Waals surface area contributed by atoms with E-state index in [4.69, 9.17) is 19.4 Å². The fourth-order valence-corrected chi connectivity index (χ4v) is 12.2. The van der Waals surface area contributed by atoms with Crippen molar-refractivity contribution >= 4 is 53.4 Å². The van der Waals surface area contributed by atoms with Crippen LogP contribution in [0.25, 0.3) is 110 Å². The summed E-state index contributed by atoms with van der Waals surface area (Å²) >= 11 is 1.78. The quantitative estimate of drug-likeness (QED) is 0.160. The fourth-order valence-electron chi connectivity index (χ4n) is 11.0. The Balaban J connectivity index is 0.892. The van der Waals surface area contributed by atoms with E-state index in [2.05, 4.69) is 206 Å².